The van der Waals surface area contributed by atoms with Crippen molar-refractivity contribution < 1.29 is 9.53 Å². The van der Waals surface area contributed by atoms with Crippen LogP contribution in [0.5, 0.6) is 5.75 Å². The Morgan fingerprint density at radius 1 is 1.36 bits per heavy atom. The SMILES string of the molecule is COc1ccc(Cl)cc1C(=O)N=c1sn(C(C)(C)C)cc1C. The van der Waals surface area contributed by atoms with Crippen LogP contribution in [0.15, 0.2) is 29.4 Å². The number of nitrogens with zero attached hydrogens (tertiary/aromatic N) is 2. The second-order valence-electron chi connectivity index (χ2n) is 5.97. The number of benzene rings is 1. The van der Waals surface area contributed by atoms with Gasteiger partial charge in [0.05, 0.1) is 12.7 Å². The minimum atomic E-state index is -0.356. The molecule has 118 valence electrons. The van der Waals surface area contributed by atoms with Crippen molar-refractivity contribution in [3.63, 3.8) is 0 Å². The van der Waals surface area contributed by atoms with E-state index in [1.54, 1.807) is 18.2 Å². The predicted molar refractivity (Wildman–Crippen MR) is 89.9 cm³/mol. The van der Waals surface area contributed by atoms with Gasteiger partial charge in [-0.3, -0.25) is 8.75 Å². The van der Waals surface area contributed by atoms with E-state index in [0.717, 1.165) is 5.56 Å². The maximum absolute atomic E-state index is 12.4. The summed E-state index contributed by atoms with van der Waals surface area (Å²) < 4.78 is 7.99. The van der Waals surface area contributed by atoms with Crippen molar-refractivity contribution in [3.05, 3.63) is 45.2 Å². The van der Waals surface area contributed by atoms with Gasteiger partial charge >= 0.3 is 0 Å². The molecule has 2 aromatic rings. The summed E-state index contributed by atoms with van der Waals surface area (Å²) in [7, 11) is 1.52. The number of aryl methyl sites for hydroxylation is 1. The van der Waals surface area contributed by atoms with E-state index in [1.165, 1.54) is 18.6 Å². The lowest BCUT2D eigenvalue weighted by Crippen LogP contribution is -2.18. The number of aromatic nitrogens is 1. The highest BCUT2D eigenvalue weighted by molar-refractivity contribution is 7.04. The van der Waals surface area contributed by atoms with Gasteiger partial charge in [-0.1, -0.05) is 11.6 Å². The van der Waals surface area contributed by atoms with E-state index in [1.807, 2.05) is 13.1 Å². The van der Waals surface area contributed by atoms with E-state index >= 15 is 0 Å². The Morgan fingerprint density at radius 2 is 2.05 bits per heavy atom. The molecule has 0 bridgehead atoms. The molecule has 1 heterocycles. The Labute approximate surface area is 139 Å². The zero-order valence-corrected chi connectivity index (χ0v) is 14.9. The number of carbonyl (C=O) groups excluding carboxylic acids is 1. The third-order valence-electron chi connectivity index (χ3n) is 3.09. The number of hydrogen-bond donors (Lipinski definition) is 0. The lowest BCUT2D eigenvalue weighted by atomic mass is 10.1. The molecule has 0 aliphatic heterocycles. The maximum Gasteiger partial charge on any atom is 0.282 e. The van der Waals surface area contributed by atoms with Gasteiger partial charge in [0.2, 0.25) is 0 Å². The lowest BCUT2D eigenvalue weighted by Gasteiger charge is -2.19. The summed E-state index contributed by atoms with van der Waals surface area (Å²) in [5, 5.41) is 0.479. The first-order chi connectivity index (χ1) is 10.2. The van der Waals surface area contributed by atoms with Crippen molar-refractivity contribution in [3.8, 4) is 5.75 Å². The first kappa shape index (κ1) is 16.8. The summed E-state index contributed by atoms with van der Waals surface area (Å²) in [5.74, 6) is 0.112. The molecule has 0 saturated carbocycles. The van der Waals surface area contributed by atoms with Crippen molar-refractivity contribution in [1.82, 2.24) is 3.96 Å². The molecule has 0 N–H and O–H groups in total. The highest BCUT2D eigenvalue weighted by Gasteiger charge is 2.16. The van der Waals surface area contributed by atoms with E-state index < -0.39 is 0 Å². The van der Waals surface area contributed by atoms with Gasteiger partial charge in [0, 0.05) is 22.3 Å². The van der Waals surface area contributed by atoms with E-state index in [-0.39, 0.29) is 11.4 Å². The number of rotatable bonds is 2. The Hall–Kier alpha value is -1.59. The molecule has 0 aliphatic rings. The predicted octanol–water partition coefficient (Wildman–Crippen LogP) is 4.02. The van der Waals surface area contributed by atoms with Crippen molar-refractivity contribution >= 4 is 29.0 Å². The Morgan fingerprint density at radius 3 is 2.59 bits per heavy atom. The van der Waals surface area contributed by atoms with Crippen molar-refractivity contribution in [2.75, 3.05) is 7.11 Å². The van der Waals surface area contributed by atoms with E-state index in [4.69, 9.17) is 16.3 Å². The second kappa shape index (κ2) is 6.26. The molecular formula is C16H19ClN2O2S. The fourth-order valence-corrected chi connectivity index (χ4v) is 3.03. The quantitative estimate of drug-likeness (QED) is 0.830. The van der Waals surface area contributed by atoms with E-state index in [0.29, 0.717) is 21.0 Å². The lowest BCUT2D eigenvalue weighted by molar-refractivity contribution is 0.0996. The second-order valence-corrected chi connectivity index (χ2v) is 7.37. The average Bonchev–Trinajstić information content (AvgIpc) is 2.80. The molecule has 1 aromatic carbocycles. The number of ether oxygens (including phenoxy) is 1. The van der Waals surface area contributed by atoms with Crippen LogP contribution in [-0.2, 0) is 5.54 Å². The van der Waals surface area contributed by atoms with Crippen LogP contribution in [0.3, 0.4) is 0 Å². The minimum Gasteiger partial charge on any atom is -0.496 e. The van der Waals surface area contributed by atoms with Crippen LogP contribution in [0.4, 0.5) is 0 Å². The molecule has 2 rings (SSSR count). The summed E-state index contributed by atoms with van der Waals surface area (Å²) in [6.07, 6.45) is 2.01. The van der Waals surface area contributed by atoms with Crippen LogP contribution >= 0.6 is 23.1 Å². The highest BCUT2D eigenvalue weighted by Crippen LogP contribution is 2.23. The molecule has 1 amide bonds. The zero-order chi connectivity index (χ0) is 16.5. The molecule has 0 atom stereocenters. The minimum absolute atomic E-state index is 0.0417. The highest BCUT2D eigenvalue weighted by atomic mass is 35.5. The fourth-order valence-electron chi connectivity index (χ4n) is 1.86. The van der Waals surface area contributed by atoms with Crippen molar-refractivity contribution in [2.24, 2.45) is 4.99 Å². The summed E-state index contributed by atoms with van der Waals surface area (Å²) in [5.41, 5.74) is 1.29. The fraction of sp³-hybridized carbons (Fsp3) is 0.375. The van der Waals surface area contributed by atoms with Gasteiger partial charge in [0.25, 0.3) is 5.91 Å². The summed E-state index contributed by atoms with van der Waals surface area (Å²) in [6.45, 7) is 8.26. The normalized spacial score (nSPS) is 12.5. The smallest absolute Gasteiger partial charge is 0.282 e. The van der Waals surface area contributed by atoms with Gasteiger partial charge in [-0.2, -0.15) is 4.99 Å². The van der Waals surface area contributed by atoms with Gasteiger partial charge in [-0.25, -0.2) is 0 Å². The first-order valence-electron chi connectivity index (χ1n) is 6.85. The molecule has 1 aromatic heterocycles. The van der Waals surface area contributed by atoms with Gasteiger partial charge in [-0.15, -0.1) is 0 Å². The molecule has 4 nitrogen and oxygen atoms in total. The van der Waals surface area contributed by atoms with E-state index in [9.17, 15) is 4.79 Å². The van der Waals surface area contributed by atoms with Crippen LogP contribution < -0.4 is 9.41 Å². The molecule has 0 unspecified atom stereocenters. The van der Waals surface area contributed by atoms with Gasteiger partial charge in [0.1, 0.15) is 10.4 Å². The number of halogens is 1. The van der Waals surface area contributed by atoms with Crippen LogP contribution in [0.2, 0.25) is 5.02 Å². The van der Waals surface area contributed by atoms with Gasteiger partial charge in [0.15, 0.2) is 0 Å². The number of methoxy groups -OCH3 is 1. The van der Waals surface area contributed by atoms with Crippen LogP contribution in [0.25, 0.3) is 0 Å². The third-order valence-corrected chi connectivity index (χ3v) is 4.76. The number of hydrogen-bond acceptors (Lipinski definition) is 3. The maximum atomic E-state index is 12.4. The molecule has 0 radical (unpaired) electrons. The monoisotopic (exact) mass is 338 g/mol. The summed E-state index contributed by atoms with van der Waals surface area (Å²) >= 11 is 7.43. The summed E-state index contributed by atoms with van der Waals surface area (Å²) in [4.78, 5) is 16.7. The Bertz CT molecular complexity index is 769. The molecule has 6 heteroatoms. The van der Waals surface area contributed by atoms with Crippen LogP contribution in [0.1, 0.15) is 36.7 Å². The zero-order valence-electron chi connectivity index (χ0n) is 13.3. The number of amides is 1. The molecule has 0 aliphatic carbocycles. The molecule has 0 saturated heterocycles. The van der Waals surface area contributed by atoms with Crippen LogP contribution in [-0.4, -0.2) is 17.0 Å². The largest absolute Gasteiger partial charge is 0.496 e. The first-order valence-corrected chi connectivity index (χ1v) is 8.00. The molecular weight excluding hydrogens is 320 g/mol. The van der Waals surface area contributed by atoms with Crippen molar-refractivity contribution in [1.29, 1.82) is 0 Å². The van der Waals surface area contributed by atoms with E-state index in [2.05, 4.69) is 29.7 Å². The standard InChI is InChI=1S/C16H19ClN2O2S/c1-10-9-19(16(2,3)4)22-15(10)18-14(20)12-8-11(17)6-7-13(12)21-5/h6-9H,1-5H3. The average molecular weight is 339 g/mol. The summed E-state index contributed by atoms with van der Waals surface area (Å²) in [6, 6.07) is 4.93. The Balaban J connectivity index is 2.48. The molecule has 22 heavy (non-hydrogen) atoms. The third kappa shape index (κ3) is 3.59. The molecule has 0 spiro atoms. The van der Waals surface area contributed by atoms with Gasteiger partial charge < -0.3 is 4.74 Å². The topological polar surface area (TPSA) is 43.6 Å². The van der Waals surface area contributed by atoms with Crippen LogP contribution in [0, 0.1) is 6.92 Å². The molecule has 0 fully saturated rings. The Kier molecular flexibility index (Phi) is 4.78. The number of carbonyl (C=O) groups is 1. The van der Waals surface area contributed by atoms with Gasteiger partial charge in [-0.05, 0) is 57.4 Å². The van der Waals surface area contributed by atoms with Crippen molar-refractivity contribution in [2.45, 2.75) is 33.2 Å².